The Balaban J connectivity index is 2.12. The Hall–Kier alpha value is -2.05. The van der Waals surface area contributed by atoms with Gasteiger partial charge < -0.3 is 24.8 Å². The van der Waals surface area contributed by atoms with E-state index in [-0.39, 0.29) is 12.0 Å². The van der Waals surface area contributed by atoms with Crippen molar-refractivity contribution in [2.75, 3.05) is 25.6 Å². The number of rotatable bonds is 7. The highest BCUT2D eigenvalue weighted by Crippen LogP contribution is 2.26. The van der Waals surface area contributed by atoms with Crippen LogP contribution < -0.4 is 15.4 Å². The standard InChI is InChI=1S/C17H24N2O4/c1-5-10-18-16(20)15(14-11-22-17(2,3)23-14)19-12-6-8-13(21-4)9-7-12/h5-9,14-15,19H,1,10-11H2,2-4H3,(H,18,20)/t14?,15-/m0/s1. The molecule has 1 aliphatic rings. The predicted octanol–water partition coefficient (Wildman–Crippen LogP) is 1.93. The van der Waals surface area contributed by atoms with Gasteiger partial charge in [0, 0.05) is 12.2 Å². The van der Waals surface area contributed by atoms with E-state index >= 15 is 0 Å². The molecule has 6 nitrogen and oxygen atoms in total. The topological polar surface area (TPSA) is 68.8 Å². The maximum Gasteiger partial charge on any atom is 0.245 e. The van der Waals surface area contributed by atoms with Crippen LogP contribution in [0.25, 0.3) is 0 Å². The van der Waals surface area contributed by atoms with E-state index in [1.165, 1.54) is 0 Å². The van der Waals surface area contributed by atoms with Crippen molar-refractivity contribution in [2.45, 2.75) is 31.8 Å². The molecule has 2 atom stereocenters. The van der Waals surface area contributed by atoms with Crippen LogP contribution >= 0.6 is 0 Å². The fourth-order valence-electron chi connectivity index (χ4n) is 2.36. The Morgan fingerprint density at radius 3 is 2.70 bits per heavy atom. The van der Waals surface area contributed by atoms with Gasteiger partial charge in [0.25, 0.3) is 0 Å². The summed E-state index contributed by atoms with van der Waals surface area (Å²) in [5, 5.41) is 6.01. The summed E-state index contributed by atoms with van der Waals surface area (Å²) in [6.07, 6.45) is 1.26. The molecule has 1 amide bonds. The molecule has 0 radical (unpaired) electrons. The third-order valence-corrected chi connectivity index (χ3v) is 3.52. The first-order chi connectivity index (χ1) is 10.9. The lowest BCUT2D eigenvalue weighted by Crippen LogP contribution is -2.48. The lowest BCUT2D eigenvalue weighted by Gasteiger charge is -2.25. The van der Waals surface area contributed by atoms with Crippen molar-refractivity contribution in [3.63, 3.8) is 0 Å². The van der Waals surface area contributed by atoms with Crippen molar-refractivity contribution in [1.82, 2.24) is 5.32 Å². The summed E-state index contributed by atoms with van der Waals surface area (Å²) in [5.41, 5.74) is 0.804. The summed E-state index contributed by atoms with van der Waals surface area (Å²) >= 11 is 0. The molecule has 0 spiro atoms. The van der Waals surface area contributed by atoms with E-state index in [2.05, 4.69) is 17.2 Å². The van der Waals surface area contributed by atoms with Crippen LogP contribution in [0.2, 0.25) is 0 Å². The molecule has 2 N–H and O–H groups in total. The fourth-order valence-corrected chi connectivity index (χ4v) is 2.36. The fraction of sp³-hybridized carbons (Fsp3) is 0.471. The zero-order valence-corrected chi connectivity index (χ0v) is 13.8. The predicted molar refractivity (Wildman–Crippen MR) is 88.5 cm³/mol. The minimum absolute atomic E-state index is 0.160. The molecule has 1 saturated heterocycles. The highest BCUT2D eigenvalue weighted by molar-refractivity contribution is 5.85. The van der Waals surface area contributed by atoms with Crippen molar-refractivity contribution in [1.29, 1.82) is 0 Å². The van der Waals surface area contributed by atoms with Gasteiger partial charge in [-0.3, -0.25) is 4.79 Å². The Morgan fingerprint density at radius 2 is 2.17 bits per heavy atom. The second kappa shape index (κ2) is 7.48. The Bertz CT molecular complexity index is 542. The first-order valence-corrected chi connectivity index (χ1v) is 7.56. The molecule has 1 fully saturated rings. The van der Waals surface area contributed by atoms with E-state index in [4.69, 9.17) is 14.2 Å². The van der Waals surface area contributed by atoms with Crippen LogP contribution in [0.1, 0.15) is 13.8 Å². The van der Waals surface area contributed by atoms with Gasteiger partial charge in [0.15, 0.2) is 5.79 Å². The molecule has 0 bridgehead atoms. The van der Waals surface area contributed by atoms with E-state index in [1.54, 1.807) is 13.2 Å². The maximum absolute atomic E-state index is 12.4. The first kappa shape index (κ1) is 17.3. The van der Waals surface area contributed by atoms with E-state index in [0.29, 0.717) is 13.2 Å². The highest BCUT2D eigenvalue weighted by Gasteiger charge is 2.40. The maximum atomic E-state index is 12.4. The zero-order chi connectivity index (χ0) is 16.9. The van der Waals surface area contributed by atoms with Gasteiger partial charge in [-0.15, -0.1) is 6.58 Å². The van der Waals surface area contributed by atoms with Crippen LogP contribution in [0.15, 0.2) is 36.9 Å². The molecular formula is C17H24N2O4. The van der Waals surface area contributed by atoms with Crippen molar-refractivity contribution < 1.29 is 19.0 Å². The lowest BCUT2D eigenvalue weighted by molar-refractivity contribution is -0.144. The molecule has 23 heavy (non-hydrogen) atoms. The van der Waals surface area contributed by atoms with E-state index < -0.39 is 11.8 Å². The number of nitrogens with one attached hydrogen (secondary N) is 2. The first-order valence-electron chi connectivity index (χ1n) is 7.56. The quantitative estimate of drug-likeness (QED) is 0.751. The number of carbonyl (C=O) groups is 1. The summed E-state index contributed by atoms with van der Waals surface area (Å²) in [6, 6.07) is 6.81. The van der Waals surface area contributed by atoms with E-state index in [1.807, 2.05) is 38.1 Å². The number of benzene rings is 1. The Labute approximate surface area is 136 Å². The summed E-state index contributed by atoms with van der Waals surface area (Å²) in [4.78, 5) is 12.4. The van der Waals surface area contributed by atoms with Crippen LogP contribution in [0, 0.1) is 0 Å². The van der Waals surface area contributed by atoms with Gasteiger partial charge in [-0.1, -0.05) is 6.08 Å². The number of methoxy groups -OCH3 is 1. The number of hydrogen-bond donors (Lipinski definition) is 2. The molecule has 0 aliphatic carbocycles. The molecule has 1 aliphatic heterocycles. The number of amides is 1. The third-order valence-electron chi connectivity index (χ3n) is 3.52. The van der Waals surface area contributed by atoms with Crippen molar-refractivity contribution in [3.05, 3.63) is 36.9 Å². The summed E-state index contributed by atoms with van der Waals surface area (Å²) in [7, 11) is 1.61. The molecule has 6 heteroatoms. The normalized spacial score (nSPS) is 20.6. The molecule has 126 valence electrons. The molecule has 1 aromatic rings. The number of anilines is 1. The van der Waals surface area contributed by atoms with Gasteiger partial charge in [-0.05, 0) is 38.1 Å². The third kappa shape index (κ3) is 4.71. The number of hydrogen-bond acceptors (Lipinski definition) is 5. The molecule has 1 unspecified atom stereocenters. The molecule has 0 saturated carbocycles. The Kier molecular flexibility index (Phi) is 5.63. The second-order valence-electron chi connectivity index (χ2n) is 5.75. The Morgan fingerprint density at radius 1 is 1.48 bits per heavy atom. The number of ether oxygens (including phenoxy) is 3. The summed E-state index contributed by atoms with van der Waals surface area (Å²) in [5.74, 6) is -0.0970. The SMILES string of the molecule is C=CCNC(=O)[C@@H](Nc1ccc(OC)cc1)C1COC(C)(C)O1. The zero-order valence-electron chi connectivity index (χ0n) is 13.8. The average molecular weight is 320 g/mol. The van der Waals surface area contributed by atoms with Crippen LogP contribution in [-0.2, 0) is 14.3 Å². The smallest absolute Gasteiger partial charge is 0.245 e. The summed E-state index contributed by atoms with van der Waals surface area (Å²) < 4.78 is 16.6. The van der Waals surface area contributed by atoms with Crippen LogP contribution in [0.4, 0.5) is 5.69 Å². The van der Waals surface area contributed by atoms with Gasteiger partial charge in [0.1, 0.15) is 17.9 Å². The van der Waals surface area contributed by atoms with Gasteiger partial charge in [-0.2, -0.15) is 0 Å². The molecule has 1 heterocycles. The molecular weight excluding hydrogens is 296 g/mol. The van der Waals surface area contributed by atoms with Gasteiger partial charge in [0.05, 0.1) is 13.7 Å². The lowest BCUT2D eigenvalue weighted by atomic mass is 10.1. The average Bonchev–Trinajstić information content (AvgIpc) is 2.90. The van der Waals surface area contributed by atoms with Gasteiger partial charge >= 0.3 is 0 Å². The molecule has 0 aromatic heterocycles. The van der Waals surface area contributed by atoms with Gasteiger partial charge in [0.2, 0.25) is 5.91 Å². The van der Waals surface area contributed by atoms with Crippen LogP contribution in [0.5, 0.6) is 5.75 Å². The highest BCUT2D eigenvalue weighted by atomic mass is 16.7. The monoisotopic (exact) mass is 320 g/mol. The van der Waals surface area contributed by atoms with Crippen LogP contribution in [-0.4, -0.2) is 44.1 Å². The van der Waals surface area contributed by atoms with Crippen molar-refractivity contribution in [2.24, 2.45) is 0 Å². The van der Waals surface area contributed by atoms with Crippen molar-refractivity contribution >= 4 is 11.6 Å². The van der Waals surface area contributed by atoms with E-state index in [9.17, 15) is 4.79 Å². The van der Waals surface area contributed by atoms with Crippen LogP contribution in [0.3, 0.4) is 0 Å². The van der Waals surface area contributed by atoms with Gasteiger partial charge in [-0.25, -0.2) is 0 Å². The molecule has 2 rings (SSSR count). The largest absolute Gasteiger partial charge is 0.497 e. The summed E-state index contributed by atoms with van der Waals surface area (Å²) in [6.45, 7) is 8.02. The minimum atomic E-state index is -0.691. The minimum Gasteiger partial charge on any atom is -0.497 e. The second-order valence-corrected chi connectivity index (χ2v) is 5.75. The molecule has 1 aromatic carbocycles. The van der Waals surface area contributed by atoms with E-state index in [0.717, 1.165) is 11.4 Å². The van der Waals surface area contributed by atoms with Crippen molar-refractivity contribution in [3.8, 4) is 5.75 Å². The number of carbonyl (C=O) groups excluding carboxylic acids is 1.